The maximum atomic E-state index is 13.5. The predicted octanol–water partition coefficient (Wildman–Crippen LogP) is 1.00. The number of hydrogen-bond acceptors (Lipinski definition) is 4. The molecule has 2 rings (SSSR count). The molecule has 6 nitrogen and oxygen atoms in total. The summed E-state index contributed by atoms with van der Waals surface area (Å²) in [5.74, 6) is -2.73. The Labute approximate surface area is 120 Å². The van der Waals surface area contributed by atoms with Gasteiger partial charge in [0, 0.05) is 6.04 Å². The van der Waals surface area contributed by atoms with E-state index in [-0.39, 0.29) is 6.42 Å². The SMILES string of the molecule is N#Cc1c(F)cccc1S(=O)(=O)NC1C=CC(C(=O)O)C1. The van der Waals surface area contributed by atoms with E-state index in [9.17, 15) is 17.6 Å². The molecule has 0 aromatic heterocycles. The number of hydrogen-bond donors (Lipinski definition) is 2. The lowest BCUT2D eigenvalue weighted by Gasteiger charge is -2.13. The molecule has 2 atom stereocenters. The molecule has 0 aliphatic heterocycles. The van der Waals surface area contributed by atoms with E-state index in [0.29, 0.717) is 0 Å². The van der Waals surface area contributed by atoms with Crippen molar-refractivity contribution in [1.29, 1.82) is 5.26 Å². The average molecular weight is 310 g/mol. The third kappa shape index (κ3) is 3.09. The molecule has 0 fully saturated rings. The second kappa shape index (κ2) is 5.63. The highest BCUT2D eigenvalue weighted by Gasteiger charge is 2.29. The van der Waals surface area contributed by atoms with Gasteiger partial charge in [0.1, 0.15) is 22.3 Å². The maximum absolute atomic E-state index is 13.5. The van der Waals surface area contributed by atoms with E-state index in [1.165, 1.54) is 24.3 Å². The van der Waals surface area contributed by atoms with Crippen molar-refractivity contribution in [2.45, 2.75) is 17.4 Å². The van der Waals surface area contributed by atoms with E-state index < -0.39 is 44.2 Å². The third-order valence-corrected chi connectivity index (χ3v) is 4.62. The van der Waals surface area contributed by atoms with Gasteiger partial charge < -0.3 is 5.11 Å². The van der Waals surface area contributed by atoms with Crippen LogP contribution in [-0.4, -0.2) is 25.5 Å². The zero-order chi connectivity index (χ0) is 15.6. The largest absolute Gasteiger partial charge is 0.481 e. The summed E-state index contributed by atoms with van der Waals surface area (Å²) in [5.41, 5.74) is -0.568. The molecule has 110 valence electrons. The Morgan fingerprint density at radius 3 is 2.71 bits per heavy atom. The molecule has 8 heteroatoms. The number of nitriles is 1. The lowest BCUT2D eigenvalue weighted by atomic mass is 10.1. The van der Waals surface area contributed by atoms with E-state index >= 15 is 0 Å². The van der Waals surface area contributed by atoms with E-state index in [0.717, 1.165) is 12.1 Å². The summed E-state index contributed by atoms with van der Waals surface area (Å²) >= 11 is 0. The molecule has 1 aliphatic carbocycles. The van der Waals surface area contributed by atoms with E-state index in [2.05, 4.69) is 4.72 Å². The van der Waals surface area contributed by atoms with Gasteiger partial charge in [0.05, 0.1) is 5.92 Å². The maximum Gasteiger partial charge on any atom is 0.310 e. The van der Waals surface area contributed by atoms with Crippen molar-refractivity contribution in [3.8, 4) is 6.07 Å². The van der Waals surface area contributed by atoms with Crippen molar-refractivity contribution >= 4 is 16.0 Å². The fourth-order valence-electron chi connectivity index (χ4n) is 2.07. The summed E-state index contributed by atoms with van der Waals surface area (Å²) in [6.45, 7) is 0. The molecule has 2 unspecified atom stereocenters. The van der Waals surface area contributed by atoms with Crippen LogP contribution in [0.3, 0.4) is 0 Å². The van der Waals surface area contributed by atoms with Crippen LogP contribution >= 0.6 is 0 Å². The highest BCUT2D eigenvalue weighted by molar-refractivity contribution is 7.89. The first kappa shape index (κ1) is 15.2. The molecule has 0 amide bonds. The lowest BCUT2D eigenvalue weighted by molar-refractivity contribution is -0.140. The Morgan fingerprint density at radius 1 is 1.43 bits per heavy atom. The summed E-state index contributed by atoms with van der Waals surface area (Å²) in [5, 5.41) is 17.7. The van der Waals surface area contributed by atoms with Gasteiger partial charge in [-0.3, -0.25) is 4.79 Å². The Morgan fingerprint density at radius 2 is 2.14 bits per heavy atom. The van der Waals surface area contributed by atoms with Crippen LogP contribution in [0, 0.1) is 23.1 Å². The minimum absolute atomic E-state index is 0.0752. The highest BCUT2D eigenvalue weighted by Crippen LogP contribution is 2.22. The van der Waals surface area contributed by atoms with Crippen molar-refractivity contribution in [2.24, 2.45) is 5.92 Å². The minimum Gasteiger partial charge on any atom is -0.481 e. The van der Waals surface area contributed by atoms with Crippen LogP contribution in [0.1, 0.15) is 12.0 Å². The second-order valence-corrected chi connectivity index (χ2v) is 6.20. The molecule has 1 aliphatic rings. The topological polar surface area (TPSA) is 107 Å². The lowest BCUT2D eigenvalue weighted by Crippen LogP contribution is -2.33. The number of nitrogens with one attached hydrogen (secondary N) is 1. The molecule has 0 saturated heterocycles. The number of rotatable bonds is 4. The van der Waals surface area contributed by atoms with Crippen LogP contribution in [-0.2, 0) is 14.8 Å². The van der Waals surface area contributed by atoms with Crippen LogP contribution in [0.15, 0.2) is 35.2 Å². The van der Waals surface area contributed by atoms with Crippen molar-refractivity contribution in [2.75, 3.05) is 0 Å². The Bertz CT molecular complexity index is 752. The molecular weight excluding hydrogens is 299 g/mol. The quantitative estimate of drug-likeness (QED) is 0.807. The van der Waals surface area contributed by atoms with Crippen LogP contribution in [0.2, 0.25) is 0 Å². The van der Waals surface area contributed by atoms with Crippen LogP contribution in [0.4, 0.5) is 4.39 Å². The number of carbonyl (C=O) groups is 1. The minimum atomic E-state index is -4.11. The summed E-state index contributed by atoms with van der Waals surface area (Å²) < 4.78 is 40.1. The van der Waals surface area contributed by atoms with E-state index in [1.807, 2.05) is 0 Å². The third-order valence-electron chi connectivity index (χ3n) is 3.08. The normalized spacial score (nSPS) is 21.1. The summed E-state index contributed by atoms with van der Waals surface area (Å²) in [6, 6.07) is 4.12. The number of carboxylic acids is 1. The molecule has 1 aromatic carbocycles. The first-order chi connectivity index (χ1) is 9.85. The van der Waals surface area contributed by atoms with Crippen molar-refractivity contribution in [3.63, 3.8) is 0 Å². The van der Waals surface area contributed by atoms with Gasteiger partial charge in [-0.2, -0.15) is 5.26 Å². The fourth-order valence-corrected chi connectivity index (χ4v) is 3.44. The molecule has 0 bridgehead atoms. The summed E-state index contributed by atoms with van der Waals surface area (Å²) in [7, 11) is -4.11. The van der Waals surface area contributed by atoms with E-state index in [4.69, 9.17) is 10.4 Å². The fraction of sp³-hybridized carbons (Fsp3) is 0.231. The number of sulfonamides is 1. The van der Waals surface area contributed by atoms with Gasteiger partial charge in [0.15, 0.2) is 0 Å². The Kier molecular flexibility index (Phi) is 4.06. The monoisotopic (exact) mass is 310 g/mol. The van der Waals surface area contributed by atoms with Gasteiger partial charge in [-0.25, -0.2) is 17.5 Å². The van der Waals surface area contributed by atoms with Crippen molar-refractivity contribution in [3.05, 3.63) is 41.7 Å². The molecule has 0 heterocycles. The average Bonchev–Trinajstić information content (AvgIpc) is 2.86. The Balaban J connectivity index is 2.26. The molecule has 21 heavy (non-hydrogen) atoms. The molecule has 0 spiro atoms. The first-order valence-corrected chi connectivity index (χ1v) is 7.45. The zero-order valence-corrected chi connectivity index (χ0v) is 11.5. The van der Waals surface area contributed by atoms with Crippen LogP contribution in [0.25, 0.3) is 0 Å². The second-order valence-electron chi connectivity index (χ2n) is 4.52. The molecule has 0 saturated carbocycles. The summed E-state index contributed by atoms with van der Waals surface area (Å²) in [4.78, 5) is 10.3. The Hall–Kier alpha value is -2.24. The first-order valence-electron chi connectivity index (χ1n) is 5.97. The van der Waals surface area contributed by atoms with Gasteiger partial charge in [0.25, 0.3) is 0 Å². The number of nitrogens with zero attached hydrogens (tertiary/aromatic N) is 1. The predicted molar refractivity (Wildman–Crippen MR) is 70.1 cm³/mol. The summed E-state index contributed by atoms with van der Waals surface area (Å²) in [6.07, 6.45) is 2.90. The molecule has 2 N–H and O–H groups in total. The van der Waals surface area contributed by atoms with Gasteiger partial charge in [-0.15, -0.1) is 0 Å². The van der Waals surface area contributed by atoms with Crippen molar-refractivity contribution < 1.29 is 22.7 Å². The number of carboxylic acid groups (broad SMARTS) is 1. The van der Waals surface area contributed by atoms with Gasteiger partial charge >= 0.3 is 5.97 Å². The van der Waals surface area contributed by atoms with Crippen molar-refractivity contribution in [1.82, 2.24) is 4.72 Å². The van der Waals surface area contributed by atoms with Gasteiger partial charge in [-0.05, 0) is 18.6 Å². The van der Waals surface area contributed by atoms with Crippen LogP contribution in [0.5, 0.6) is 0 Å². The highest BCUT2D eigenvalue weighted by atomic mass is 32.2. The number of halogens is 1. The van der Waals surface area contributed by atoms with Gasteiger partial charge in [-0.1, -0.05) is 18.2 Å². The van der Waals surface area contributed by atoms with Crippen LogP contribution < -0.4 is 4.72 Å². The number of aliphatic carboxylic acids is 1. The smallest absolute Gasteiger partial charge is 0.310 e. The standard InChI is InChI=1S/C13H11FN2O4S/c14-11-2-1-3-12(10(11)7-15)21(19,20)16-9-5-4-8(6-9)13(17)18/h1-5,8-9,16H,6H2,(H,17,18). The van der Waals surface area contributed by atoms with E-state index in [1.54, 1.807) is 0 Å². The van der Waals surface area contributed by atoms with Gasteiger partial charge in [0.2, 0.25) is 10.0 Å². The molecule has 0 radical (unpaired) electrons. The molecule has 1 aromatic rings. The zero-order valence-electron chi connectivity index (χ0n) is 10.7. The number of benzene rings is 1. The molecular formula is C13H11FN2O4S.